The Morgan fingerprint density at radius 1 is 1.37 bits per heavy atom. The van der Waals surface area contributed by atoms with Gasteiger partial charge in [0.1, 0.15) is 5.82 Å². The lowest BCUT2D eigenvalue weighted by atomic mass is 9.96. The van der Waals surface area contributed by atoms with Gasteiger partial charge in [0.05, 0.1) is 19.2 Å². The number of rotatable bonds is 10. The van der Waals surface area contributed by atoms with Gasteiger partial charge in [-0.2, -0.15) is 0 Å². The summed E-state index contributed by atoms with van der Waals surface area (Å²) in [4.78, 5) is 17.2. The lowest BCUT2D eigenvalue weighted by molar-refractivity contribution is -0.123. The highest BCUT2D eigenvalue weighted by Crippen LogP contribution is 2.23. The highest BCUT2D eigenvalue weighted by atomic mass is 19.1. The minimum absolute atomic E-state index is 0.0319. The van der Waals surface area contributed by atoms with Gasteiger partial charge in [0.25, 0.3) is 0 Å². The van der Waals surface area contributed by atoms with Crippen molar-refractivity contribution in [2.75, 3.05) is 46.9 Å². The third-order valence-electron chi connectivity index (χ3n) is 5.26. The quantitative estimate of drug-likeness (QED) is 0.679. The average molecular weight is 380 g/mol. The van der Waals surface area contributed by atoms with Crippen LogP contribution in [0.15, 0.2) is 24.3 Å². The van der Waals surface area contributed by atoms with Crippen molar-refractivity contribution in [1.29, 1.82) is 0 Å². The molecule has 152 valence electrons. The summed E-state index contributed by atoms with van der Waals surface area (Å²) >= 11 is 0. The van der Waals surface area contributed by atoms with Crippen LogP contribution in [-0.2, 0) is 9.53 Å². The van der Waals surface area contributed by atoms with E-state index < -0.39 is 0 Å². The molecule has 0 radical (unpaired) electrons. The number of methoxy groups -OCH3 is 1. The van der Waals surface area contributed by atoms with Gasteiger partial charge in [0.15, 0.2) is 0 Å². The molecule has 0 bridgehead atoms. The fourth-order valence-electron chi connectivity index (χ4n) is 3.72. The number of carbonyl (C=O) groups is 1. The Balaban J connectivity index is 1.91. The van der Waals surface area contributed by atoms with Crippen LogP contribution in [0.25, 0.3) is 0 Å². The van der Waals surface area contributed by atoms with Gasteiger partial charge in [-0.25, -0.2) is 4.39 Å². The van der Waals surface area contributed by atoms with E-state index in [2.05, 4.69) is 36.0 Å². The maximum atomic E-state index is 13.2. The van der Waals surface area contributed by atoms with Crippen molar-refractivity contribution in [2.45, 2.75) is 38.8 Å². The second kappa shape index (κ2) is 10.7. The third-order valence-corrected chi connectivity index (χ3v) is 5.26. The molecule has 1 heterocycles. The van der Waals surface area contributed by atoms with Crippen LogP contribution in [-0.4, -0.2) is 68.7 Å². The molecule has 1 N–H and O–H groups in total. The molecule has 0 spiro atoms. The van der Waals surface area contributed by atoms with Crippen LogP contribution >= 0.6 is 0 Å². The molecule has 1 aliphatic rings. The molecule has 0 aliphatic carbocycles. The Bertz CT molecular complexity index is 579. The van der Waals surface area contributed by atoms with Gasteiger partial charge in [0, 0.05) is 26.2 Å². The first-order valence-corrected chi connectivity index (χ1v) is 9.87. The van der Waals surface area contributed by atoms with Gasteiger partial charge >= 0.3 is 0 Å². The molecular formula is C21H34FN3O2. The topological polar surface area (TPSA) is 44.8 Å². The number of amides is 1. The molecule has 0 saturated carbocycles. The first kappa shape index (κ1) is 21.8. The first-order valence-electron chi connectivity index (χ1n) is 9.87. The molecular weight excluding hydrogens is 345 g/mol. The number of hydrogen-bond acceptors (Lipinski definition) is 4. The first-order chi connectivity index (χ1) is 12.9. The fraction of sp³-hybridized carbons (Fsp3) is 0.667. The van der Waals surface area contributed by atoms with Gasteiger partial charge in [-0.05, 0) is 50.0 Å². The summed E-state index contributed by atoms with van der Waals surface area (Å²) < 4.78 is 18.3. The van der Waals surface area contributed by atoms with Crippen molar-refractivity contribution in [2.24, 2.45) is 5.92 Å². The zero-order chi connectivity index (χ0) is 19.8. The van der Waals surface area contributed by atoms with E-state index in [0.29, 0.717) is 12.6 Å². The Morgan fingerprint density at radius 3 is 2.70 bits per heavy atom. The van der Waals surface area contributed by atoms with Crippen molar-refractivity contribution in [1.82, 2.24) is 15.1 Å². The molecule has 1 fully saturated rings. The standard InChI is InChI=1S/C21H34FN3O2/c1-16(2)21(17-7-9-18(22)10-8-17)23-20(26)15-25-11-5-6-19(25)14-24(3)12-13-27-4/h7-10,16,19,21H,5-6,11-15H2,1-4H3,(H,23,26)/t19-,21-/m1/s1. The Labute approximate surface area is 162 Å². The lowest BCUT2D eigenvalue weighted by Crippen LogP contribution is -2.45. The molecule has 1 aromatic carbocycles. The maximum Gasteiger partial charge on any atom is 0.234 e. The highest BCUT2D eigenvalue weighted by molar-refractivity contribution is 5.78. The number of carbonyl (C=O) groups excluding carboxylic acids is 1. The molecule has 1 aromatic rings. The number of halogens is 1. The molecule has 27 heavy (non-hydrogen) atoms. The van der Waals surface area contributed by atoms with Crippen molar-refractivity contribution in [3.8, 4) is 0 Å². The zero-order valence-electron chi connectivity index (χ0n) is 17.1. The van der Waals surface area contributed by atoms with E-state index in [-0.39, 0.29) is 23.7 Å². The van der Waals surface area contributed by atoms with Crippen molar-refractivity contribution < 1.29 is 13.9 Å². The predicted octanol–water partition coefficient (Wildman–Crippen LogP) is 2.68. The largest absolute Gasteiger partial charge is 0.383 e. The van der Waals surface area contributed by atoms with Crippen LogP contribution in [0.4, 0.5) is 4.39 Å². The second-order valence-electron chi connectivity index (χ2n) is 7.86. The molecule has 0 aromatic heterocycles. The molecule has 6 heteroatoms. The minimum atomic E-state index is -0.259. The van der Waals surface area contributed by atoms with Gasteiger partial charge in [-0.3, -0.25) is 9.69 Å². The number of likely N-dealkylation sites (tertiary alicyclic amines) is 1. The van der Waals surface area contributed by atoms with E-state index in [1.165, 1.54) is 12.1 Å². The Hall–Kier alpha value is -1.50. The molecule has 1 amide bonds. The monoisotopic (exact) mass is 379 g/mol. The van der Waals surface area contributed by atoms with E-state index in [1.807, 2.05) is 0 Å². The van der Waals surface area contributed by atoms with Crippen LogP contribution in [0.1, 0.15) is 38.3 Å². The highest BCUT2D eigenvalue weighted by Gasteiger charge is 2.28. The summed E-state index contributed by atoms with van der Waals surface area (Å²) in [5.74, 6) is 0.00326. The molecule has 0 unspecified atom stereocenters. The second-order valence-corrected chi connectivity index (χ2v) is 7.86. The summed E-state index contributed by atoms with van der Waals surface area (Å²) in [5, 5.41) is 3.15. The molecule has 5 nitrogen and oxygen atoms in total. The number of ether oxygens (including phenoxy) is 1. The Morgan fingerprint density at radius 2 is 2.07 bits per heavy atom. The Kier molecular flexibility index (Phi) is 8.67. The third kappa shape index (κ3) is 6.87. The number of benzene rings is 1. The SMILES string of the molecule is COCCN(C)C[C@H]1CCCN1CC(=O)N[C@@H](c1ccc(F)cc1)C(C)C. The minimum Gasteiger partial charge on any atom is -0.383 e. The van der Waals surface area contributed by atoms with E-state index in [1.54, 1.807) is 19.2 Å². The fourth-order valence-corrected chi connectivity index (χ4v) is 3.72. The summed E-state index contributed by atoms with van der Waals surface area (Å²) in [5.41, 5.74) is 0.942. The van der Waals surface area contributed by atoms with Crippen LogP contribution in [0.5, 0.6) is 0 Å². The van der Waals surface area contributed by atoms with Gasteiger partial charge in [-0.1, -0.05) is 26.0 Å². The summed E-state index contributed by atoms with van der Waals surface area (Å²) in [7, 11) is 3.81. The number of nitrogens with one attached hydrogen (secondary N) is 1. The van der Waals surface area contributed by atoms with Gasteiger partial charge in [-0.15, -0.1) is 0 Å². The van der Waals surface area contributed by atoms with Crippen molar-refractivity contribution in [3.05, 3.63) is 35.6 Å². The molecule has 1 saturated heterocycles. The van der Waals surface area contributed by atoms with Crippen LogP contribution in [0.3, 0.4) is 0 Å². The van der Waals surface area contributed by atoms with E-state index in [0.717, 1.165) is 44.6 Å². The number of likely N-dealkylation sites (N-methyl/N-ethyl adjacent to an activating group) is 1. The van der Waals surface area contributed by atoms with E-state index >= 15 is 0 Å². The van der Waals surface area contributed by atoms with Crippen molar-refractivity contribution in [3.63, 3.8) is 0 Å². The number of nitrogens with zero attached hydrogens (tertiary/aromatic N) is 2. The van der Waals surface area contributed by atoms with Crippen molar-refractivity contribution >= 4 is 5.91 Å². The summed E-state index contributed by atoms with van der Waals surface area (Å²) in [6.07, 6.45) is 2.25. The molecule has 1 aliphatic heterocycles. The molecule has 2 atom stereocenters. The van der Waals surface area contributed by atoms with Crippen LogP contribution in [0.2, 0.25) is 0 Å². The zero-order valence-corrected chi connectivity index (χ0v) is 17.1. The maximum absolute atomic E-state index is 13.2. The van der Waals surface area contributed by atoms with Gasteiger partial charge < -0.3 is 15.0 Å². The van der Waals surface area contributed by atoms with Gasteiger partial charge in [0.2, 0.25) is 5.91 Å². The van der Waals surface area contributed by atoms with E-state index in [9.17, 15) is 9.18 Å². The smallest absolute Gasteiger partial charge is 0.234 e. The predicted molar refractivity (Wildman–Crippen MR) is 106 cm³/mol. The summed E-state index contributed by atoms with van der Waals surface area (Å²) in [6, 6.07) is 6.70. The summed E-state index contributed by atoms with van der Waals surface area (Å²) in [6.45, 7) is 8.06. The molecule has 2 rings (SSSR count). The average Bonchev–Trinajstić information content (AvgIpc) is 3.05. The number of hydrogen-bond donors (Lipinski definition) is 1. The lowest BCUT2D eigenvalue weighted by Gasteiger charge is -2.29. The van der Waals surface area contributed by atoms with Crippen LogP contribution in [0, 0.1) is 11.7 Å². The normalized spacial score (nSPS) is 19.0. The van der Waals surface area contributed by atoms with E-state index in [4.69, 9.17) is 4.74 Å². The van der Waals surface area contributed by atoms with Crippen LogP contribution < -0.4 is 5.32 Å².